The second-order valence-electron chi connectivity index (χ2n) is 8.81. The van der Waals surface area contributed by atoms with Gasteiger partial charge in [0, 0.05) is 17.4 Å². The van der Waals surface area contributed by atoms with E-state index >= 15 is 0 Å². The van der Waals surface area contributed by atoms with Gasteiger partial charge in [0.05, 0.1) is 6.20 Å². The molecular weight excluding hydrogens is 286 g/mol. The number of nitrogens with zero attached hydrogens (tertiary/aromatic N) is 1. The molecule has 0 saturated heterocycles. The Morgan fingerprint density at radius 2 is 1.96 bits per heavy atom. The molecule has 3 nitrogen and oxygen atoms in total. The molecule has 0 amide bonds. The molecule has 5 atom stereocenters. The van der Waals surface area contributed by atoms with Crippen LogP contribution in [0.3, 0.4) is 0 Å². The number of ketones is 1. The zero-order chi connectivity index (χ0) is 15.8. The highest BCUT2D eigenvalue weighted by atomic mass is 16.5. The Kier molecular flexibility index (Phi) is 2.66. The average molecular weight is 311 g/mol. The predicted molar refractivity (Wildman–Crippen MR) is 87.6 cm³/mol. The molecule has 1 aromatic heterocycles. The maximum absolute atomic E-state index is 12.5. The number of Topliss-reactive ketones (excluding diaryl/α,β-unsaturated/α-hetero) is 1. The van der Waals surface area contributed by atoms with Gasteiger partial charge >= 0.3 is 0 Å². The third kappa shape index (κ3) is 1.66. The Bertz CT molecular complexity index is 717. The van der Waals surface area contributed by atoms with Crippen molar-refractivity contribution in [1.82, 2.24) is 5.16 Å². The molecule has 0 aliphatic heterocycles. The van der Waals surface area contributed by atoms with Gasteiger partial charge in [-0.3, -0.25) is 4.79 Å². The van der Waals surface area contributed by atoms with Crippen LogP contribution in [0.2, 0.25) is 0 Å². The highest BCUT2D eigenvalue weighted by Gasteiger charge is 2.59. The topological polar surface area (TPSA) is 43.1 Å². The first-order valence-electron chi connectivity index (χ1n) is 9.20. The number of rotatable bonds is 0. The summed E-state index contributed by atoms with van der Waals surface area (Å²) in [5.41, 5.74) is 3.06. The number of fused-ring (bicyclic) bond motifs is 6. The summed E-state index contributed by atoms with van der Waals surface area (Å²) < 4.78 is 5.41. The second kappa shape index (κ2) is 4.37. The van der Waals surface area contributed by atoms with E-state index in [9.17, 15) is 4.79 Å². The maximum atomic E-state index is 12.5. The minimum Gasteiger partial charge on any atom is -0.357 e. The summed E-state index contributed by atoms with van der Waals surface area (Å²) >= 11 is 0. The van der Waals surface area contributed by atoms with Crippen LogP contribution in [-0.4, -0.2) is 10.9 Å². The molecule has 3 unspecified atom stereocenters. The smallest absolute Gasteiger partial charge is 0.162 e. The Morgan fingerprint density at radius 3 is 2.83 bits per heavy atom. The van der Waals surface area contributed by atoms with Crippen LogP contribution in [0.4, 0.5) is 0 Å². The van der Waals surface area contributed by atoms with Crippen LogP contribution < -0.4 is 0 Å². The lowest BCUT2D eigenvalue weighted by molar-refractivity contribution is -0.132. The SMILES string of the molecule is C[C@]12Cc3cnoc3C=C1CCC1C2CC[C@]2(C)C(=O)CCC12. The Balaban J connectivity index is 1.55. The molecule has 4 aliphatic carbocycles. The van der Waals surface area contributed by atoms with E-state index in [4.69, 9.17) is 4.52 Å². The summed E-state index contributed by atoms with van der Waals surface area (Å²) in [5, 5.41) is 4.01. The van der Waals surface area contributed by atoms with Crippen molar-refractivity contribution in [3.63, 3.8) is 0 Å². The molecule has 1 aromatic rings. The molecule has 3 saturated carbocycles. The van der Waals surface area contributed by atoms with Crippen LogP contribution in [0.25, 0.3) is 6.08 Å². The van der Waals surface area contributed by atoms with Crippen molar-refractivity contribution in [3.05, 3.63) is 23.1 Å². The molecule has 1 heterocycles. The van der Waals surface area contributed by atoms with E-state index in [0.717, 1.165) is 43.3 Å². The van der Waals surface area contributed by atoms with Gasteiger partial charge in [-0.2, -0.15) is 0 Å². The van der Waals surface area contributed by atoms with Gasteiger partial charge in [-0.15, -0.1) is 0 Å². The van der Waals surface area contributed by atoms with E-state index in [-0.39, 0.29) is 10.8 Å². The van der Waals surface area contributed by atoms with E-state index < -0.39 is 0 Å². The van der Waals surface area contributed by atoms with Gasteiger partial charge in [0.15, 0.2) is 5.76 Å². The molecule has 0 spiro atoms. The summed E-state index contributed by atoms with van der Waals surface area (Å²) in [5.74, 6) is 3.58. The van der Waals surface area contributed by atoms with Crippen LogP contribution >= 0.6 is 0 Å². The third-order valence-electron chi connectivity index (χ3n) is 7.98. The minimum atomic E-state index is -0.0181. The Morgan fingerprint density at radius 1 is 1.13 bits per heavy atom. The van der Waals surface area contributed by atoms with E-state index in [1.54, 1.807) is 5.57 Å². The zero-order valence-electron chi connectivity index (χ0n) is 14.1. The van der Waals surface area contributed by atoms with Crippen molar-refractivity contribution in [1.29, 1.82) is 0 Å². The first-order valence-corrected chi connectivity index (χ1v) is 9.20. The number of carbonyl (C=O) groups is 1. The number of hydrogen-bond acceptors (Lipinski definition) is 3. The number of hydrogen-bond donors (Lipinski definition) is 0. The molecule has 0 aromatic carbocycles. The quantitative estimate of drug-likeness (QED) is 0.712. The summed E-state index contributed by atoms with van der Waals surface area (Å²) in [7, 11) is 0. The Labute approximate surface area is 137 Å². The van der Waals surface area contributed by atoms with Crippen molar-refractivity contribution in [3.8, 4) is 0 Å². The van der Waals surface area contributed by atoms with Crippen LogP contribution in [0, 0.1) is 28.6 Å². The first kappa shape index (κ1) is 14.0. The van der Waals surface area contributed by atoms with Crippen LogP contribution in [0.1, 0.15) is 63.7 Å². The van der Waals surface area contributed by atoms with Crippen LogP contribution in [0.15, 0.2) is 16.3 Å². The van der Waals surface area contributed by atoms with E-state index in [1.807, 2.05) is 6.20 Å². The van der Waals surface area contributed by atoms with Gasteiger partial charge < -0.3 is 4.52 Å². The molecular formula is C20H25NO2. The number of allylic oxidation sites excluding steroid dienone is 1. The molecule has 23 heavy (non-hydrogen) atoms. The van der Waals surface area contributed by atoms with Crippen LogP contribution in [-0.2, 0) is 11.2 Å². The zero-order valence-corrected chi connectivity index (χ0v) is 14.1. The van der Waals surface area contributed by atoms with Crippen molar-refractivity contribution in [2.45, 2.75) is 58.8 Å². The second-order valence-corrected chi connectivity index (χ2v) is 8.81. The van der Waals surface area contributed by atoms with Gasteiger partial charge in [-0.25, -0.2) is 0 Å². The molecule has 0 radical (unpaired) electrons. The monoisotopic (exact) mass is 311 g/mol. The lowest BCUT2D eigenvalue weighted by Crippen LogP contribution is -2.50. The number of aromatic nitrogens is 1. The van der Waals surface area contributed by atoms with Gasteiger partial charge in [0.25, 0.3) is 0 Å². The molecule has 3 fully saturated rings. The van der Waals surface area contributed by atoms with Gasteiger partial charge in [0.1, 0.15) is 5.78 Å². The predicted octanol–water partition coefficient (Wildman–Crippen LogP) is 4.43. The fourth-order valence-corrected chi connectivity index (χ4v) is 6.65. The van der Waals surface area contributed by atoms with Crippen molar-refractivity contribution in [2.75, 3.05) is 0 Å². The van der Waals surface area contributed by atoms with Gasteiger partial charge in [-0.1, -0.05) is 24.6 Å². The van der Waals surface area contributed by atoms with Crippen molar-refractivity contribution < 1.29 is 9.32 Å². The van der Waals surface area contributed by atoms with Gasteiger partial charge in [0.2, 0.25) is 0 Å². The standard InChI is InChI=1S/C20H25NO2/c1-19-8-7-16-14(15(19)5-6-18(19)22)4-3-13-9-17-12(11-21-23-17)10-20(13,16)2/h9,11,14-16H,3-8,10H2,1-2H3/t14?,15?,16?,19-,20-/m0/s1. The molecule has 5 rings (SSSR count). The highest BCUT2D eigenvalue weighted by molar-refractivity contribution is 5.87. The van der Waals surface area contributed by atoms with Crippen molar-refractivity contribution >= 4 is 11.9 Å². The normalized spacial score (nSPS) is 44.9. The fraction of sp³-hybridized carbons (Fsp3) is 0.700. The lowest BCUT2D eigenvalue weighted by Gasteiger charge is -2.56. The van der Waals surface area contributed by atoms with E-state index in [2.05, 4.69) is 25.1 Å². The van der Waals surface area contributed by atoms with E-state index in [1.165, 1.54) is 24.8 Å². The summed E-state index contributed by atoms with van der Waals surface area (Å²) in [6.07, 6.45) is 11.9. The lowest BCUT2D eigenvalue weighted by atomic mass is 9.47. The molecule has 4 aliphatic rings. The largest absolute Gasteiger partial charge is 0.357 e. The van der Waals surface area contributed by atoms with Crippen LogP contribution in [0.5, 0.6) is 0 Å². The summed E-state index contributed by atoms with van der Waals surface area (Å²) in [6, 6.07) is 0. The molecule has 0 bridgehead atoms. The maximum Gasteiger partial charge on any atom is 0.162 e. The minimum absolute atomic E-state index is 0.0181. The Hall–Kier alpha value is -1.38. The molecule has 122 valence electrons. The average Bonchev–Trinajstić information content (AvgIpc) is 3.08. The number of carbonyl (C=O) groups excluding carboxylic acids is 1. The summed E-state index contributed by atoms with van der Waals surface area (Å²) in [4.78, 5) is 12.5. The van der Waals surface area contributed by atoms with E-state index in [0.29, 0.717) is 11.7 Å². The highest BCUT2D eigenvalue weighted by Crippen LogP contribution is 2.64. The summed E-state index contributed by atoms with van der Waals surface area (Å²) in [6.45, 7) is 4.72. The first-order chi connectivity index (χ1) is 11.0. The van der Waals surface area contributed by atoms with Gasteiger partial charge in [-0.05, 0) is 67.8 Å². The third-order valence-corrected chi connectivity index (χ3v) is 7.98. The fourth-order valence-electron chi connectivity index (χ4n) is 6.65. The molecule has 0 N–H and O–H groups in total. The molecule has 3 heteroatoms. The van der Waals surface area contributed by atoms with Crippen molar-refractivity contribution in [2.24, 2.45) is 28.6 Å².